The Morgan fingerprint density at radius 2 is 1.70 bits per heavy atom. The zero-order valence-corrected chi connectivity index (χ0v) is 11.8. The standard InChI is InChI=1S/C14H13NO4S/c1-10-3-6-13(7-4-10)20(17,18)19-15-14-8-5-12(16)9-11(14)2/h3-9H,1-2H3/b15-14-. The van der Waals surface area contributed by atoms with Crippen molar-refractivity contribution in [3.05, 3.63) is 53.6 Å². The van der Waals surface area contributed by atoms with Gasteiger partial charge in [0.2, 0.25) is 0 Å². The van der Waals surface area contributed by atoms with Gasteiger partial charge in [0.15, 0.2) is 5.78 Å². The van der Waals surface area contributed by atoms with Gasteiger partial charge in [0.05, 0.1) is 0 Å². The van der Waals surface area contributed by atoms with E-state index in [0.29, 0.717) is 11.3 Å². The van der Waals surface area contributed by atoms with Crippen LogP contribution in [0.1, 0.15) is 12.5 Å². The molecule has 0 saturated carbocycles. The lowest BCUT2D eigenvalue weighted by molar-refractivity contribution is -0.110. The number of carbonyl (C=O) groups excluding carboxylic acids is 1. The minimum absolute atomic E-state index is 0.0324. The van der Waals surface area contributed by atoms with Crippen molar-refractivity contribution >= 4 is 21.6 Å². The summed E-state index contributed by atoms with van der Waals surface area (Å²) in [5.41, 5.74) is 1.81. The predicted octanol–water partition coefficient (Wildman–Crippen LogP) is 2.14. The molecular weight excluding hydrogens is 278 g/mol. The summed E-state index contributed by atoms with van der Waals surface area (Å²) in [6, 6.07) is 6.25. The molecule has 5 nitrogen and oxygen atoms in total. The molecule has 0 heterocycles. The summed E-state index contributed by atoms with van der Waals surface area (Å²) in [6.45, 7) is 3.51. The fourth-order valence-electron chi connectivity index (χ4n) is 1.57. The number of ketones is 1. The van der Waals surface area contributed by atoms with Gasteiger partial charge in [-0.1, -0.05) is 22.9 Å². The van der Waals surface area contributed by atoms with Gasteiger partial charge < -0.3 is 0 Å². The van der Waals surface area contributed by atoms with E-state index in [1.165, 1.54) is 30.4 Å². The highest BCUT2D eigenvalue weighted by Gasteiger charge is 2.16. The molecule has 104 valence electrons. The highest BCUT2D eigenvalue weighted by molar-refractivity contribution is 7.86. The minimum Gasteiger partial charge on any atom is -0.290 e. The highest BCUT2D eigenvalue weighted by atomic mass is 32.2. The predicted molar refractivity (Wildman–Crippen MR) is 74.8 cm³/mol. The maximum atomic E-state index is 11.9. The Hall–Kier alpha value is -2.21. The van der Waals surface area contributed by atoms with Crippen molar-refractivity contribution in [1.82, 2.24) is 0 Å². The van der Waals surface area contributed by atoms with Crippen LogP contribution in [0.25, 0.3) is 0 Å². The van der Waals surface area contributed by atoms with Crippen molar-refractivity contribution in [2.75, 3.05) is 0 Å². The molecule has 0 bridgehead atoms. The van der Waals surface area contributed by atoms with E-state index in [4.69, 9.17) is 0 Å². The van der Waals surface area contributed by atoms with Gasteiger partial charge in [0.1, 0.15) is 10.6 Å². The van der Waals surface area contributed by atoms with Crippen molar-refractivity contribution in [3.8, 4) is 0 Å². The van der Waals surface area contributed by atoms with Crippen LogP contribution in [-0.2, 0) is 19.2 Å². The Bertz CT molecular complexity index is 725. The maximum Gasteiger partial charge on any atom is 0.358 e. The molecule has 2 rings (SSSR count). The average Bonchev–Trinajstić information content (AvgIpc) is 2.38. The first kappa shape index (κ1) is 14.2. The molecule has 1 aliphatic carbocycles. The quantitative estimate of drug-likeness (QED) is 0.632. The van der Waals surface area contributed by atoms with Gasteiger partial charge in [0, 0.05) is 0 Å². The topological polar surface area (TPSA) is 72.8 Å². The molecule has 1 aliphatic rings. The molecule has 0 fully saturated rings. The number of allylic oxidation sites excluding steroid dienone is 4. The summed E-state index contributed by atoms with van der Waals surface area (Å²) in [4.78, 5) is 11.1. The average molecular weight is 291 g/mol. The van der Waals surface area contributed by atoms with Crippen LogP contribution in [0.3, 0.4) is 0 Å². The van der Waals surface area contributed by atoms with E-state index in [-0.39, 0.29) is 10.7 Å². The summed E-state index contributed by atoms with van der Waals surface area (Å²) in [6.07, 6.45) is 4.08. The molecule has 0 aromatic heterocycles. The molecule has 0 aliphatic heterocycles. The third-order valence-electron chi connectivity index (χ3n) is 2.71. The van der Waals surface area contributed by atoms with Crippen LogP contribution in [0.2, 0.25) is 0 Å². The van der Waals surface area contributed by atoms with E-state index in [1.807, 2.05) is 6.92 Å². The van der Waals surface area contributed by atoms with Crippen LogP contribution in [-0.4, -0.2) is 19.9 Å². The molecule has 0 saturated heterocycles. The monoisotopic (exact) mass is 291 g/mol. The molecular formula is C14H13NO4S. The fourth-order valence-corrected chi connectivity index (χ4v) is 2.30. The van der Waals surface area contributed by atoms with E-state index >= 15 is 0 Å². The van der Waals surface area contributed by atoms with Crippen molar-refractivity contribution in [2.24, 2.45) is 5.16 Å². The van der Waals surface area contributed by atoms with Gasteiger partial charge >= 0.3 is 10.1 Å². The number of rotatable bonds is 3. The zero-order chi connectivity index (χ0) is 14.8. The SMILES string of the molecule is CC1=CC(=O)C=C/C1=N/OS(=O)(=O)c1ccc(C)cc1. The van der Waals surface area contributed by atoms with Crippen molar-refractivity contribution in [1.29, 1.82) is 0 Å². The van der Waals surface area contributed by atoms with E-state index in [9.17, 15) is 13.2 Å². The van der Waals surface area contributed by atoms with Crippen molar-refractivity contribution in [3.63, 3.8) is 0 Å². The van der Waals surface area contributed by atoms with Crippen LogP contribution in [0.5, 0.6) is 0 Å². The Morgan fingerprint density at radius 3 is 2.30 bits per heavy atom. The Balaban J connectivity index is 2.22. The summed E-state index contributed by atoms with van der Waals surface area (Å²) in [5, 5.41) is 3.59. The third kappa shape index (κ3) is 3.21. The van der Waals surface area contributed by atoms with Crippen molar-refractivity contribution in [2.45, 2.75) is 18.7 Å². The zero-order valence-electron chi connectivity index (χ0n) is 11.0. The fraction of sp³-hybridized carbons (Fsp3) is 0.143. The van der Waals surface area contributed by atoms with Crippen LogP contribution in [0.15, 0.2) is 58.1 Å². The lowest BCUT2D eigenvalue weighted by Crippen LogP contribution is -2.09. The second-order valence-corrected chi connectivity index (χ2v) is 5.91. The first-order valence-electron chi connectivity index (χ1n) is 5.87. The third-order valence-corrected chi connectivity index (χ3v) is 3.83. The van der Waals surface area contributed by atoms with E-state index in [0.717, 1.165) is 5.56 Å². The molecule has 0 unspecified atom stereocenters. The van der Waals surface area contributed by atoms with Gasteiger partial charge in [-0.05, 0) is 49.8 Å². The number of hydrogen-bond acceptors (Lipinski definition) is 5. The van der Waals surface area contributed by atoms with Crippen LogP contribution >= 0.6 is 0 Å². The summed E-state index contributed by atoms with van der Waals surface area (Å²) < 4.78 is 28.5. The first-order valence-corrected chi connectivity index (χ1v) is 7.28. The molecule has 1 aromatic carbocycles. The first-order chi connectivity index (χ1) is 9.38. The Kier molecular flexibility index (Phi) is 3.85. The van der Waals surface area contributed by atoms with Gasteiger partial charge in [-0.3, -0.25) is 9.08 Å². The van der Waals surface area contributed by atoms with Gasteiger partial charge in [-0.25, -0.2) is 0 Å². The summed E-state index contributed by atoms with van der Waals surface area (Å²) >= 11 is 0. The molecule has 0 spiro atoms. The van der Waals surface area contributed by atoms with Crippen LogP contribution < -0.4 is 0 Å². The summed E-state index contributed by atoms with van der Waals surface area (Å²) in [5.74, 6) is -0.164. The van der Waals surface area contributed by atoms with Crippen LogP contribution in [0.4, 0.5) is 0 Å². The van der Waals surface area contributed by atoms with Gasteiger partial charge in [-0.15, -0.1) is 0 Å². The molecule has 0 amide bonds. The second-order valence-electron chi connectivity index (χ2n) is 4.38. The minimum atomic E-state index is -3.95. The molecule has 20 heavy (non-hydrogen) atoms. The molecule has 0 radical (unpaired) electrons. The van der Waals surface area contributed by atoms with Gasteiger partial charge in [0.25, 0.3) is 0 Å². The molecule has 0 N–H and O–H groups in total. The largest absolute Gasteiger partial charge is 0.358 e. The summed E-state index contributed by atoms with van der Waals surface area (Å²) in [7, 11) is -3.95. The highest BCUT2D eigenvalue weighted by Crippen LogP contribution is 2.15. The van der Waals surface area contributed by atoms with E-state index in [2.05, 4.69) is 9.44 Å². The normalized spacial score (nSPS) is 17.2. The Labute approximate surface area is 117 Å². The maximum absolute atomic E-state index is 11.9. The molecule has 0 atom stereocenters. The van der Waals surface area contributed by atoms with E-state index in [1.54, 1.807) is 19.1 Å². The van der Waals surface area contributed by atoms with Crippen molar-refractivity contribution < 1.29 is 17.5 Å². The second kappa shape index (κ2) is 5.42. The number of oxime groups is 1. The smallest absolute Gasteiger partial charge is 0.290 e. The van der Waals surface area contributed by atoms with Crippen LogP contribution in [0, 0.1) is 6.92 Å². The number of nitrogens with zero attached hydrogens (tertiary/aromatic N) is 1. The number of benzene rings is 1. The van der Waals surface area contributed by atoms with E-state index < -0.39 is 10.1 Å². The molecule has 6 heteroatoms. The molecule has 1 aromatic rings. The lowest BCUT2D eigenvalue weighted by atomic mass is 10.1. The number of carbonyl (C=O) groups is 1. The Morgan fingerprint density at radius 1 is 1.05 bits per heavy atom. The number of hydrogen-bond donors (Lipinski definition) is 0. The number of aryl methyl sites for hydroxylation is 1. The van der Waals surface area contributed by atoms with Gasteiger partial charge in [-0.2, -0.15) is 8.42 Å². The lowest BCUT2D eigenvalue weighted by Gasteiger charge is -2.06.